The van der Waals surface area contributed by atoms with Crippen molar-refractivity contribution in [1.29, 1.82) is 0 Å². The van der Waals surface area contributed by atoms with E-state index in [4.69, 9.17) is 4.74 Å². The standard InChI is InChI=1S/C15H18N2O3/c1-20-9-8-17-11-13(6-7-15(17)19)16-10-12-4-2-3-5-14(12)18/h2-7,11,16,18H,8-10H2,1H3. The molecule has 5 nitrogen and oxygen atoms in total. The van der Waals surface area contributed by atoms with Crippen molar-refractivity contribution in [2.24, 2.45) is 0 Å². The molecule has 2 N–H and O–H groups in total. The first-order chi connectivity index (χ1) is 9.70. The van der Waals surface area contributed by atoms with Gasteiger partial charge in [-0.15, -0.1) is 0 Å². The summed E-state index contributed by atoms with van der Waals surface area (Å²) in [4.78, 5) is 11.6. The van der Waals surface area contributed by atoms with E-state index in [1.54, 1.807) is 36.1 Å². The van der Waals surface area contributed by atoms with Crippen LogP contribution in [0.25, 0.3) is 0 Å². The van der Waals surface area contributed by atoms with Crippen molar-refractivity contribution in [2.75, 3.05) is 19.0 Å². The molecule has 0 saturated heterocycles. The van der Waals surface area contributed by atoms with E-state index in [-0.39, 0.29) is 11.3 Å². The molecule has 0 unspecified atom stereocenters. The van der Waals surface area contributed by atoms with Gasteiger partial charge in [0.25, 0.3) is 5.56 Å². The Bertz CT molecular complexity index is 623. The Kier molecular flexibility index (Phi) is 4.79. The molecule has 1 aromatic carbocycles. The van der Waals surface area contributed by atoms with E-state index >= 15 is 0 Å². The molecule has 106 valence electrons. The number of aromatic nitrogens is 1. The molecule has 2 rings (SSSR count). The van der Waals surface area contributed by atoms with Crippen LogP contribution >= 0.6 is 0 Å². The number of aromatic hydroxyl groups is 1. The van der Waals surface area contributed by atoms with E-state index in [9.17, 15) is 9.90 Å². The Labute approximate surface area is 117 Å². The van der Waals surface area contributed by atoms with Gasteiger partial charge in [0.15, 0.2) is 0 Å². The number of methoxy groups -OCH3 is 1. The Hall–Kier alpha value is -2.27. The van der Waals surface area contributed by atoms with E-state index in [1.807, 2.05) is 12.1 Å². The first-order valence-corrected chi connectivity index (χ1v) is 6.41. The van der Waals surface area contributed by atoms with Crippen LogP contribution in [0, 0.1) is 0 Å². The lowest BCUT2D eigenvalue weighted by atomic mass is 10.2. The third kappa shape index (κ3) is 3.61. The topological polar surface area (TPSA) is 63.5 Å². The van der Waals surface area contributed by atoms with E-state index in [0.29, 0.717) is 19.7 Å². The van der Waals surface area contributed by atoms with Crippen LogP contribution in [0.5, 0.6) is 5.75 Å². The lowest BCUT2D eigenvalue weighted by Crippen LogP contribution is -2.21. The third-order valence-electron chi connectivity index (χ3n) is 2.99. The fourth-order valence-electron chi connectivity index (χ4n) is 1.86. The largest absolute Gasteiger partial charge is 0.508 e. The zero-order valence-electron chi connectivity index (χ0n) is 11.4. The number of anilines is 1. The fraction of sp³-hybridized carbons (Fsp3) is 0.267. The predicted octanol–water partition coefficient (Wildman–Crippen LogP) is 1.81. The van der Waals surface area contributed by atoms with Crippen molar-refractivity contribution in [3.05, 3.63) is 58.5 Å². The van der Waals surface area contributed by atoms with E-state index in [2.05, 4.69) is 5.32 Å². The van der Waals surface area contributed by atoms with E-state index < -0.39 is 0 Å². The summed E-state index contributed by atoms with van der Waals surface area (Å²) >= 11 is 0. The normalized spacial score (nSPS) is 10.4. The van der Waals surface area contributed by atoms with Crippen molar-refractivity contribution >= 4 is 5.69 Å². The summed E-state index contributed by atoms with van der Waals surface area (Å²) in [7, 11) is 1.60. The Morgan fingerprint density at radius 1 is 1.25 bits per heavy atom. The van der Waals surface area contributed by atoms with Crippen LogP contribution in [0.1, 0.15) is 5.56 Å². The minimum Gasteiger partial charge on any atom is -0.508 e. The molecule has 0 amide bonds. The van der Waals surface area contributed by atoms with Gasteiger partial charge in [0, 0.05) is 38.0 Å². The van der Waals surface area contributed by atoms with Crippen LogP contribution in [0.3, 0.4) is 0 Å². The van der Waals surface area contributed by atoms with Gasteiger partial charge in [0.2, 0.25) is 0 Å². The molecule has 0 atom stereocenters. The maximum Gasteiger partial charge on any atom is 0.250 e. The maximum absolute atomic E-state index is 11.6. The minimum atomic E-state index is -0.0600. The minimum absolute atomic E-state index is 0.0600. The predicted molar refractivity (Wildman–Crippen MR) is 78.0 cm³/mol. The molecule has 2 aromatic rings. The fourth-order valence-corrected chi connectivity index (χ4v) is 1.86. The Morgan fingerprint density at radius 3 is 2.80 bits per heavy atom. The molecular formula is C15H18N2O3. The molecule has 0 aliphatic carbocycles. The highest BCUT2D eigenvalue weighted by Gasteiger charge is 2.01. The summed E-state index contributed by atoms with van der Waals surface area (Å²) in [6.45, 7) is 1.50. The monoisotopic (exact) mass is 274 g/mol. The zero-order valence-corrected chi connectivity index (χ0v) is 11.4. The summed E-state index contributed by atoms with van der Waals surface area (Å²) in [5.74, 6) is 0.257. The van der Waals surface area contributed by atoms with Gasteiger partial charge in [-0.3, -0.25) is 4.79 Å². The second-order valence-corrected chi connectivity index (χ2v) is 4.42. The molecule has 0 saturated carbocycles. The molecule has 1 heterocycles. The molecule has 0 radical (unpaired) electrons. The number of phenolic OH excluding ortho intramolecular Hbond substituents is 1. The van der Waals surface area contributed by atoms with Gasteiger partial charge in [-0.25, -0.2) is 0 Å². The molecule has 5 heteroatoms. The van der Waals surface area contributed by atoms with Gasteiger partial charge >= 0.3 is 0 Å². The number of para-hydroxylation sites is 1. The van der Waals surface area contributed by atoms with Gasteiger partial charge < -0.3 is 19.7 Å². The van der Waals surface area contributed by atoms with Gasteiger partial charge in [-0.1, -0.05) is 18.2 Å². The average molecular weight is 274 g/mol. The van der Waals surface area contributed by atoms with Crippen LogP contribution < -0.4 is 10.9 Å². The number of phenols is 1. The summed E-state index contributed by atoms with van der Waals surface area (Å²) in [5, 5.41) is 12.9. The highest BCUT2D eigenvalue weighted by molar-refractivity contribution is 5.43. The number of benzene rings is 1. The third-order valence-corrected chi connectivity index (χ3v) is 2.99. The quantitative estimate of drug-likeness (QED) is 0.843. The number of hydrogen-bond acceptors (Lipinski definition) is 4. The second-order valence-electron chi connectivity index (χ2n) is 4.42. The molecule has 0 aliphatic heterocycles. The van der Waals surface area contributed by atoms with Crippen LogP contribution in [0.2, 0.25) is 0 Å². The van der Waals surface area contributed by atoms with Crippen molar-refractivity contribution in [3.63, 3.8) is 0 Å². The van der Waals surface area contributed by atoms with Gasteiger partial charge in [0.1, 0.15) is 5.75 Å². The number of nitrogens with zero attached hydrogens (tertiary/aromatic N) is 1. The van der Waals surface area contributed by atoms with Crippen molar-refractivity contribution in [3.8, 4) is 5.75 Å². The summed E-state index contributed by atoms with van der Waals surface area (Å²) in [6.07, 6.45) is 1.75. The number of hydrogen-bond donors (Lipinski definition) is 2. The summed E-state index contributed by atoms with van der Waals surface area (Å²) in [6, 6.07) is 10.4. The first kappa shape index (κ1) is 14.1. The van der Waals surface area contributed by atoms with Crippen molar-refractivity contribution < 1.29 is 9.84 Å². The van der Waals surface area contributed by atoms with Gasteiger partial charge in [-0.05, 0) is 12.1 Å². The summed E-state index contributed by atoms with van der Waals surface area (Å²) < 4.78 is 6.57. The Balaban J connectivity index is 2.06. The number of nitrogens with one attached hydrogen (secondary N) is 1. The molecule has 0 fully saturated rings. The van der Waals surface area contributed by atoms with Crippen LogP contribution in [0.15, 0.2) is 47.4 Å². The number of rotatable bonds is 6. The maximum atomic E-state index is 11.6. The average Bonchev–Trinajstić information content (AvgIpc) is 2.46. The second kappa shape index (κ2) is 6.77. The first-order valence-electron chi connectivity index (χ1n) is 6.41. The van der Waals surface area contributed by atoms with E-state index in [1.165, 1.54) is 6.07 Å². The molecule has 20 heavy (non-hydrogen) atoms. The molecule has 0 aliphatic rings. The molecule has 1 aromatic heterocycles. The molecule has 0 spiro atoms. The highest BCUT2D eigenvalue weighted by Crippen LogP contribution is 2.17. The highest BCUT2D eigenvalue weighted by atomic mass is 16.5. The smallest absolute Gasteiger partial charge is 0.250 e. The van der Waals surface area contributed by atoms with Gasteiger partial charge in [0.05, 0.1) is 12.3 Å². The zero-order chi connectivity index (χ0) is 14.4. The van der Waals surface area contributed by atoms with E-state index in [0.717, 1.165) is 11.3 Å². The summed E-state index contributed by atoms with van der Waals surface area (Å²) in [5.41, 5.74) is 1.57. The van der Waals surface area contributed by atoms with Gasteiger partial charge in [-0.2, -0.15) is 0 Å². The van der Waals surface area contributed by atoms with Crippen LogP contribution in [-0.2, 0) is 17.8 Å². The van der Waals surface area contributed by atoms with Crippen LogP contribution in [0.4, 0.5) is 5.69 Å². The number of ether oxygens (including phenoxy) is 1. The molecular weight excluding hydrogens is 256 g/mol. The lowest BCUT2D eigenvalue weighted by Gasteiger charge is -2.10. The SMILES string of the molecule is COCCn1cc(NCc2ccccc2O)ccc1=O. The van der Waals surface area contributed by atoms with Crippen molar-refractivity contribution in [2.45, 2.75) is 13.1 Å². The lowest BCUT2D eigenvalue weighted by molar-refractivity contribution is 0.186. The number of pyridine rings is 1. The molecule has 0 bridgehead atoms. The van der Waals surface area contributed by atoms with Crippen LogP contribution in [-0.4, -0.2) is 23.4 Å². The van der Waals surface area contributed by atoms with Crippen molar-refractivity contribution in [1.82, 2.24) is 4.57 Å². The Morgan fingerprint density at radius 2 is 2.05 bits per heavy atom.